The molecule has 3 heterocycles. The molecule has 2 N–H and O–H groups in total. The van der Waals surface area contributed by atoms with Crippen LogP contribution in [0.4, 0.5) is 0 Å². The van der Waals surface area contributed by atoms with E-state index in [4.69, 9.17) is 14.5 Å². The van der Waals surface area contributed by atoms with Crippen LogP contribution in [0.5, 0.6) is 0 Å². The average molecular weight is 437 g/mol. The Balaban J connectivity index is 1.54. The van der Waals surface area contributed by atoms with Gasteiger partial charge in [0, 0.05) is 60.0 Å². The first kappa shape index (κ1) is 23.4. The number of methoxy groups -OCH3 is 1. The number of amides is 1. The molecule has 0 radical (unpaired) electrons. The molecule has 2 aliphatic heterocycles. The second-order valence-electron chi connectivity index (χ2n) is 7.98. The molecule has 2 fully saturated rings. The Morgan fingerprint density at radius 1 is 1.26 bits per heavy atom. The SMILES string of the molecule is COCCNC(=O)CN1CCN(C(=NCc2nnc(C)n2C)NCC2CCCO2)CC1. The van der Waals surface area contributed by atoms with Crippen molar-refractivity contribution in [3.05, 3.63) is 11.6 Å². The number of hydrogen-bond donors (Lipinski definition) is 2. The number of aromatic nitrogens is 3. The van der Waals surface area contributed by atoms with E-state index in [2.05, 4.69) is 30.6 Å². The number of aliphatic imine (C=N–C) groups is 1. The molecule has 31 heavy (non-hydrogen) atoms. The van der Waals surface area contributed by atoms with Crippen LogP contribution in [0.15, 0.2) is 4.99 Å². The number of nitrogens with zero attached hydrogens (tertiary/aromatic N) is 6. The van der Waals surface area contributed by atoms with Gasteiger partial charge in [0.1, 0.15) is 12.4 Å². The predicted octanol–water partition coefficient (Wildman–Crippen LogP) is -0.872. The lowest BCUT2D eigenvalue weighted by molar-refractivity contribution is -0.122. The second kappa shape index (κ2) is 12.0. The van der Waals surface area contributed by atoms with Crippen molar-refractivity contribution in [1.29, 1.82) is 0 Å². The maximum absolute atomic E-state index is 12.1. The summed E-state index contributed by atoms with van der Waals surface area (Å²) in [5.74, 6) is 2.60. The second-order valence-corrected chi connectivity index (χ2v) is 7.98. The average Bonchev–Trinajstić information content (AvgIpc) is 3.40. The summed E-state index contributed by atoms with van der Waals surface area (Å²) >= 11 is 0. The lowest BCUT2D eigenvalue weighted by Crippen LogP contribution is -2.54. The fourth-order valence-electron chi connectivity index (χ4n) is 3.68. The van der Waals surface area contributed by atoms with Crippen LogP contribution in [0.2, 0.25) is 0 Å². The van der Waals surface area contributed by atoms with Crippen molar-refractivity contribution >= 4 is 11.9 Å². The molecule has 0 bridgehead atoms. The molecule has 3 rings (SSSR count). The van der Waals surface area contributed by atoms with Gasteiger partial charge in [-0.1, -0.05) is 0 Å². The summed E-state index contributed by atoms with van der Waals surface area (Å²) in [5.41, 5.74) is 0. The molecule has 0 aromatic carbocycles. The van der Waals surface area contributed by atoms with Gasteiger partial charge in [0.15, 0.2) is 11.8 Å². The number of piperazine rings is 1. The molecular formula is C20H36N8O3. The first-order valence-electron chi connectivity index (χ1n) is 11.0. The van der Waals surface area contributed by atoms with Crippen molar-refractivity contribution in [2.24, 2.45) is 12.0 Å². The Bertz CT molecular complexity index is 724. The fraction of sp³-hybridized carbons (Fsp3) is 0.800. The Kier molecular flexibility index (Phi) is 9.04. The van der Waals surface area contributed by atoms with E-state index < -0.39 is 0 Å². The molecular weight excluding hydrogens is 400 g/mol. The van der Waals surface area contributed by atoms with Crippen LogP contribution >= 0.6 is 0 Å². The summed E-state index contributed by atoms with van der Waals surface area (Å²) in [6, 6.07) is 0. The van der Waals surface area contributed by atoms with Gasteiger partial charge in [-0.05, 0) is 19.8 Å². The number of rotatable bonds is 9. The van der Waals surface area contributed by atoms with Crippen molar-refractivity contribution < 1.29 is 14.3 Å². The van der Waals surface area contributed by atoms with Crippen LogP contribution < -0.4 is 10.6 Å². The first-order valence-corrected chi connectivity index (χ1v) is 11.0. The lowest BCUT2D eigenvalue weighted by atomic mass is 10.2. The predicted molar refractivity (Wildman–Crippen MR) is 117 cm³/mol. The van der Waals surface area contributed by atoms with E-state index in [9.17, 15) is 4.79 Å². The topological polar surface area (TPSA) is 109 Å². The molecule has 0 aliphatic carbocycles. The first-order chi connectivity index (χ1) is 15.1. The van der Waals surface area contributed by atoms with E-state index in [1.165, 1.54) is 0 Å². The van der Waals surface area contributed by atoms with E-state index in [-0.39, 0.29) is 12.0 Å². The van der Waals surface area contributed by atoms with E-state index in [1.807, 2.05) is 18.5 Å². The van der Waals surface area contributed by atoms with Crippen molar-refractivity contribution in [1.82, 2.24) is 35.2 Å². The fourth-order valence-corrected chi connectivity index (χ4v) is 3.68. The molecule has 11 nitrogen and oxygen atoms in total. The van der Waals surface area contributed by atoms with Crippen LogP contribution in [0.1, 0.15) is 24.5 Å². The minimum absolute atomic E-state index is 0.0357. The van der Waals surface area contributed by atoms with Crippen molar-refractivity contribution in [2.75, 3.05) is 66.1 Å². The van der Waals surface area contributed by atoms with E-state index in [0.717, 1.165) is 69.8 Å². The number of nitrogens with one attached hydrogen (secondary N) is 2. The summed E-state index contributed by atoms with van der Waals surface area (Å²) in [4.78, 5) is 21.3. The standard InChI is InChI=1S/C20H36N8O3/c1-16-24-25-18(26(16)2)14-23-20(22-13-17-5-4-11-31-17)28-9-7-27(8-10-28)15-19(29)21-6-12-30-3/h17H,4-15H2,1-3H3,(H,21,29)(H,22,23). The monoisotopic (exact) mass is 436 g/mol. The Labute approximate surface area is 184 Å². The minimum Gasteiger partial charge on any atom is -0.383 e. The third-order valence-corrected chi connectivity index (χ3v) is 5.73. The summed E-state index contributed by atoms with van der Waals surface area (Å²) in [5, 5.41) is 14.7. The minimum atomic E-state index is 0.0357. The van der Waals surface area contributed by atoms with Gasteiger partial charge in [-0.25, -0.2) is 4.99 Å². The van der Waals surface area contributed by atoms with Crippen LogP contribution in [0.3, 0.4) is 0 Å². The molecule has 2 aliphatic rings. The maximum atomic E-state index is 12.1. The molecule has 1 aromatic heterocycles. The highest BCUT2D eigenvalue weighted by Gasteiger charge is 2.23. The number of guanidine groups is 1. The van der Waals surface area contributed by atoms with Crippen molar-refractivity contribution in [3.63, 3.8) is 0 Å². The van der Waals surface area contributed by atoms with Gasteiger partial charge in [0.05, 0.1) is 19.3 Å². The Hall–Kier alpha value is -2.24. The normalized spacial score (nSPS) is 20.3. The van der Waals surface area contributed by atoms with E-state index in [0.29, 0.717) is 26.2 Å². The smallest absolute Gasteiger partial charge is 0.234 e. The van der Waals surface area contributed by atoms with Crippen LogP contribution in [0, 0.1) is 6.92 Å². The molecule has 1 amide bonds. The van der Waals surface area contributed by atoms with E-state index in [1.54, 1.807) is 7.11 Å². The van der Waals surface area contributed by atoms with Gasteiger partial charge in [-0.15, -0.1) is 10.2 Å². The Morgan fingerprint density at radius 3 is 2.71 bits per heavy atom. The quantitative estimate of drug-likeness (QED) is 0.292. The van der Waals surface area contributed by atoms with E-state index >= 15 is 0 Å². The van der Waals surface area contributed by atoms with Crippen LogP contribution in [-0.4, -0.2) is 109 Å². The summed E-state index contributed by atoms with van der Waals surface area (Å²) in [7, 11) is 3.58. The maximum Gasteiger partial charge on any atom is 0.234 e. The van der Waals surface area contributed by atoms with Crippen LogP contribution in [0.25, 0.3) is 0 Å². The zero-order chi connectivity index (χ0) is 22.1. The van der Waals surface area contributed by atoms with Gasteiger partial charge in [0.25, 0.3) is 0 Å². The number of aryl methyl sites for hydroxylation is 1. The van der Waals surface area contributed by atoms with Crippen molar-refractivity contribution in [2.45, 2.75) is 32.4 Å². The zero-order valence-electron chi connectivity index (χ0n) is 19.0. The third-order valence-electron chi connectivity index (χ3n) is 5.73. The largest absolute Gasteiger partial charge is 0.383 e. The highest BCUT2D eigenvalue weighted by atomic mass is 16.5. The summed E-state index contributed by atoms with van der Waals surface area (Å²) in [6.45, 7) is 8.69. The summed E-state index contributed by atoms with van der Waals surface area (Å²) < 4.78 is 12.7. The summed E-state index contributed by atoms with van der Waals surface area (Å²) in [6.07, 6.45) is 2.43. The molecule has 1 unspecified atom stereocenters. The number of ether oxygens (including phenoxy) is 2. The number of carbonyl (C=O) groups excluding carboxylic acids is 1. The van der Waals surface area contributed by atoms with Gasteiger partial charge >= 0.3 is 0 Å². The van der Waals surface area contributed by atoms with Gasteiger partial charge in [-0.3, -0.25) is 9.69 Å². The molecule has 174 valence electrons. The molecule has 2 saturated heterocycles. The highest BCUT2D eigenvalue weighted by Crippen LogP contribution is 2.11. The van der Waals surface area contributed by atoms with Crippen molar-refractivity contribution in [3.8, 4) is 0 Å². The number of carbonyl (C=O) groups is 1. The molecule has 1 atom stereocenters. The molecule has 0 spiro atoms. The molecule has 1 aromatic rings. The van der Waals surface area contributed by atoms with Gasteiger partial charge < -0.3 is 29.6 Å². The lowest BCUT2D eigenvalue weighted by Gasteiger charge is -2.36. The zero-order valence-corrected chi connectivity index (χ0v) is 19.0. The third kappa shape index (κ3) is 7.15. The van der Waals surface area contributed by atoms with Gasteiger partial charge in [0.2, 0.25) is 5.91 Å². The molecule has 0 saturated carbocycles. The van der Waals surface area contributed by atoms with Crippen LogP contribution in [-0.2, 0) is 27.9 Å². The highest BCUT2D eigenvalue weighted by molar-refractivity contribution is 5.80. The van der Waals surface area contributed by atoms with Gasteiger partial charge in [-0.2, -0.15) is 0 Å². The Morgan fingerprint density at radius 2 is 2.06 bits per heavy atom. The number of hydrogen-bond acceptors (Lipinski definition) is 7. The molecule has 11 heteroatoms.